The molecule has 8 nitrogen and oxygen atoms in total. The van der Waals surface area contributed by atoms with E-state index in [9.17, 15) is 19.8 Å². The lowest BCUT2D eigenvalue weighted by Gasteiger charge is -2.59. The van der Waals surface area contributed by atoms with Gasteiger partial charge in [-0.2, -0.15) is 0 Å². The van der Waals surface area contributed by atoms with Gasteiger partial charge in [-0.05, 0) is 79.5 Å². The highest BCUT2D eigenvalue weighted by Gasteiger charge is 2.76. The van der Waals surface area contributed by atoms with Crippen LogP contribution in [0.2, 0.25) is 0 Å². The first kappa shape index (κ1) is 30.7. The maximum atomic E-state index is 16.1. The summed E-state index contributed by atoms with van der Waals surface area (Å²) in [6.45, 7) is 3.34. The number of benzene rings is 2. The SMILES string of the molecule is C[C@]12C=CC(=O)C=C1CC[C@@H]1[C@@H]2[C@@H](O)C[C@@]2(C)[C@H]1C[C@H]1O[C@@H](c3c(Br)ccc(OCc4cccc(N)c4)c3F)O[C@]12C(=O)CO. The molecular weight excluding hydrogens is 645 g/mol. The number of carbonyl (C=O) groups is 2. The van der Waals surface area contributed by atoms with Crippen LogP contribution >= 0.6 is 15.9 Å². The fourth-order valence-electron chi connectivity index (χ4n) is 9.54. The zero-order chi connectivity index (χ0) is 31.9. The van der Waals surface area contributed by atoms with Crippen molar-refractivity contribution >= 4 is 33.2 Å². The summed E-state index contributed by atoms with van der Waals surface area (Å²) in [5.74, 6) is -1.49. The molecule has 2 aromatic rings. The Bertz CT molecular complexity index is 1640. The molecule has 1 saturated heterocycles. The number of hydrogen-bond acceptors (Lipinski definition) is 8. The third-order valence-electron chi connectivity index (χ3n) is 11.5. The molecule has 238 valence electrons. The van der Waals surface area contributed by atoms with Gasteiger partial charge in [0.25, 0.3) is 0 Å². The minimum absolute atomic E-state index is 0.0132. The Labute approximate surface area is 269 Å². The number of ketones is 2. The molecule has 0 amide bonds. The first-order chi connectivity index (χ1) is 21.4. The van der Waals surface area contributed by atoms with Crippen LogP contribution in [-0.4, -0.2) is 46.2 Å². The van der Waals surface area contributed by atoms with E-state index in [-0.39, 0.29) is 47.9 Å². The van der Waals surface area contributed by atoms with Crippen molar-refractivity contribution in [2.24, 2.45) is 28.6 Å². The number of carbonyl (C=O) groups excluding carboxylic acids is 2. The molecule has 0 radical (unpaired) electrons. The van der Waals surface area contributed by atoms with E-state index in [2.05, 4.69) is 22.9 Å². The molecule has 0 unspecified atom stereocenters. The van der Waals surface area contributed by atoms with E-state index >= 15 is 4.39 Å². The van der Waals surface area contributed by atoms with E-state index < -0.39 is 53.1 Å². The Balaban J connectivity index is 1.21. The molecule has 5 aliphatic rings. The molecular formula is C35H37BrFNO7. The number of aliphatic hydroxyl groups is 2. The lowest BCUT2D eigenvalue weighted by molar-refractivity contribution is -0.201. The average Bonchev–Trinajstić information content (AvgIpc) is 3.49. The second-order valence-corrected chi connectivity index (χ2v) is 14.5. The van der Waals surface area contributed by atoms with Gasteiger partial charge in [0, 0.05) is 26.9 Å². The van der Waals surface area contributed by atoms with Crippen LogP contribution in [0.5, 0.6) is 5.75 Å². The number of Topliss-reactive ketones (excluding diaryl/α,β-unsaturated/α-hetero) is 1. The first-order valence-corrected chi connectivity index (χ1v) is 16.3. The zero-order valence-electron chi connectivity index (χ0n) is 25.2. The number of halogens is 2. The van der Waals surface area contributed by atoms with E-state index in [1.807, 2.05) is 19.1 Å². The number of allylic oxidation sites excluding steroid dienone is 4. The predicted molar refractivity (Wildman–Crippen MR) is 166 cm³/mol. The summed E-state index contributed by atoms with van der Waals surface area (Å²) in [7, 11) is 0. The molecule has 0 aromatic heterocycles. The molecule has 1 aliphatic heterocycles. The molecule has 45 heavy (non-hydrogen) atoms. The third-order valence-corrected chi connectivity index (χ3v) is 12.2. The molecule has 4 aliphatic carbocycles. The van der Waals surface area contributed by atoms with Gasteiger partial charge in [-0.1, -0.05) is 53.6 Å². The normalized spacial score (nSPS) is 38.2. The van der Waals surface area contributed by atoms with E-state index in [0.29, 0.717) is 23.0 Å². The van der Waals surface area contributed by atoms with Gasteiger partial charge in [-0.25, -0.2) is 4.39 Å². The molecule has 4 N–H and O–H groups in total. The van der Waals surface area contributed by atoms with Crippen LogP contribution in [0, 0.1) is 34.4 Å². The van der Waals surface area contributed by atoms with Crippen LogP contribution in [-0.2, 0) is 25.7 Å². The summed E-state index contributed by atoms with van der Waals surface area (Å²) in [5, 5.41) is 22.1. The van der Waals surface area contributed by atoms with Crippen LogP contribution in [0.25, 0.3) is 0 Å². The largest absolute Gasteiger partial charge is 0.486 e. The molecule has 10 heteroatoms. The number of anilines is 1. The number of hydrogen-bond donors (Lipinski definition) is 3. The fourth-order valence-corrected chi connectivity index (χ4v) is 10.0. The van der Waals surface area contributed by atoms with Crippen molar-refractivity contribution in [2.75, 3.05) is 12.3 Å². The summed E-state index contributed by atoms with van der Waals surface area (Å²) >= 11 is 3.45. The molecule has 9 atom stereocenters. The second-order valence-electron chi connectivity index (χ2n) is 13.6. The average molecular weight is 683 g/mol. The Kier molecular flexibility index (Phi) is 7.41. The summed E-state index contributed by atoms with van der Waals surface area (Å²) in [6, 6.07) is 10.3. The summed E-state index contributed by atoms with van der Waals surface area (Å²) in [5.41, 5.74) is 5.34. The molecule has 4 fully saturated rings. The topological polar surface area (TPSA) is 128 Å². The van der Waals surface area contributed by atoms with Crippen molar-refractivity contribution < 1.29 is 38.4 Å². The summed E-state index contributed by atoms with van der Waals surface area (Å²) in [6.07, 6.45) is 4.54. The first-order valence-electron chi connectivity index (χ1n) is 15.5. The lowest BCUT2D eigenvalue weighted by atomic mass is 9.46. The van der Waals surface area contributed by atoms with Gasteiger partial charge in [0.15, 0.2) is 35.0 Å². The van der Waals surface area contributed by atoms with Crippen LogP contribution in [0.4, 0.5) is 10.1 Å². The van der Waals surface area contributed by atoms with Gasteiger partial charge in [0.2, 0.25) is 0 Å². The minimum Gasteiger partial charge on any atom is -0.486 e. The summed E-state index contributed by atoms with van der Waals surface area (Å²) in [4.78, 5) is 26.0. The number of aliphatic hydroxyl groups excluding tert-OH is 2. The Morgan fingerprint density at radius 1 is 1.24 bits per heavy atom. The van der Waals surface area contributed by atoms with Crippen molar-refractivity contribution in [1.29, 1.82) is 0 Å². The molecule has 2 aromatic carbocycles. The van der Waals surface area contributed by atoms with Crippen molar-refractivity contribution in [3.63, 3.8) is 0 Å². The molecule has 1 heterocycles. The van der Waals surface area contributed by atoms with Gasteiger partial charge >= 0.3 is 0 Å². The quantitative estimate of drug-likeness (QED) is 0.348. The van der Waals surface area contributed by atoms with Gasteiger partial charge in [-0.15, -0.1) is 0 Å². The second kappa shape index (κ2) is 10.8. The van der Waals surface area contributed by atoms with Crippen LogP contribution in [0.1, 0.15) is 56.9 Å². The number of fused-ring (bicyclic) bond motifs is 7. The molecule has 7 rings (SSSR count). The molecule has 0 bridgehead atoms. The number of rotatable bonds is 6. The minimum atomic E-state index is -1.59. The third kappa shape index (κ3) is 4.43. The van der Waals surface area contributed by atoms with Crippen LogP contribution < -0.4 is 10.5 Å². The van der Waals surface area contributed by atoms with Gasteiger partial charge in [0.05, 0.1) is 17.8 Å². The Hall–Kier alpha value is -2.89. The molecule has 0 spiro atoms. The van der Waals surface area contributed by atoms with Crippen molar-refractivity contribution in [3.8, 4) is 5.75 Å². The predicted octanol–water partition coefficient (Wildman–Crippen LogP) is 5.35. The summed E-state index contributed by atoms with van der Waals surface area (Å²) < 4.78 is 35.4. The Morgan fingerprint density at radius 2 is 2.04 bits per heavy atom. The van der Waals surface area contributed by atoms with Gasteiger partial charge in [0.1, 0.15) is 13.2 Å². The smallest absolute Gasteiger partial charge is 0.193 e. The highest BCUT2D eigenvalue weighted by atomic mass is 79.9. The van der Waals surface area contributed by atoms with Crippen molar-refractivity contribution in [1.82, 2.24) is 0 Å². The molecule has 3 saturated carbocycles. The maximum Gasteiger partial charge on any atom is 0.193 e. The number of nitrogens with two attached hydrogens (primary N) is 1. The van der Waals surface area contributed by atoms with E-state index in [4.69, 9.17) is 19.9 Å². The Morgan fingerprint density at radius 3 is 2.80 bits per heavy atom. The van der Waals surface area contributed by atoms with E-state index in [0.717, 1.165) is 17.6 Å². The van der Waals surface area contributed by atoms with E-state index in [1.54, 1.807) is 36.4 Å². The van der Waals surface area contributed by atoms with Crippen molar-refractivity contribution in [2.45, 2.75) is 70.2 Å². The lowest BCUT2D eigenvalue weighted by Crippen LogP contribution is -2.63. The zero-order valence-corrected chi connectivity index (χ0v) is 26.8. The van der Waals surface area contributed by atoms with Crippen molar-refractivity contribution in [3.05, 3.63) is 81.6 Å². The number of ether oxygens (including phenoxy) is 3. The van der Waals surface area contributed by atoms with Gasteiger partial charge in [-0.3, -0.25) is 9.59 Å². The standard InChI is InChI=1S/C35H37BrFNO7/c1-33-11-10-21(40)13-19(33)6-7-22-23-14-28-35(27(42)16-39,34(23,2)15-25(41)30(22)33)45-32(44-28)29-24(36)8-9-26(31(29)37)43-17-18-4-3-5-20(38)12-18/h3-5,8-13,22-23,25,28,30,32,39,41H,6-7,14-17,38H2,1-2H3/t22-,23-,25-,28+,30+,32+,33-,34-,35+/m0/s1. The van der Waals surface area contributed by atoms with E-state index in [1.165, 1.54) is 6.07 Å². The highest BCUT2D eigenvalue weighted by molar-refractivity contribution is 9.10. The monoisotopic (exact) mass is 681 g/mol. The maximum absolute atomic E-state index is 16.1. The van der Waals surface area contributed by atoms with Crippen LogP contribution in [0.3, 0.4) is 0 Å². The highest BCUT2D eigenvalue weighted by Crippen LogP contribution is 2.70. The fraction of sp³-hybridized carbons (Fsp3) is 0.486. The number of nitrogen functional groups attached to an aromatic ring is 1. The van der Waals surface area contributed by atoms with Crippen LogP contribution in [0.15, 0.2) is 64.7 Å². The van der Waals surface area contributed by atoms with Gasteiger partial charge < -0.3 is 30.2 Å².